The lowest BCUT2D eigenvalue weighted by molar-refractivity contribution is -0.141. The molecule has 1 unspecified atom stereocenters. The summed E-state index contributed by atoms with van der Waals surface area (Å²) in [4.78, 5) is 29.2. The van der Waals surface area contributed by atoms with E-state index >= 15 is 0 Å². The zero-order valence-electron chi connectivity index (χ0n) is 13.4. The van der Waals surface area contributed by atoms with Crippen LogP contribution in [0.15, 0.2) is 48.5 Å². The predicted octanol–water partition coefficient (Wildman–Crippen LogP) is 3.40. The summed E-state index contributed by atoms with van der Waals surface area (Å²) in [6, 6.07) is 16.0. The van der Waals surface area contributed by atoms with Crippen molar-refractivity contribution in [1.29, 1.82) is 0 Å². The first-order valence-corrected chi connectivity index (χ1v) is 8.87. The average Bonchev–Trinajstić information content (AvgIpc) is 3.20. The second kappa shape index (κ2) is 6.29. The Morgan fingerprint density at radius 1 is 1.20 bits per heavy atom. The number of aliphatic carboxylic acids is 1. The van der Waals surface area contributed by atoms with Gasteiger partial charge in [0, 0.05) is 25.1 Å². The monoisotopic (exact) mass is 352 g/mol. The lowest BCUT2D eigenvalue weighted by Gasteiger charge is -2.16. The molecule has 0 saturated carbocycles. The molecule has 1 amide bonds. The molecule has 1 atom stereocenters. The van der Waals surface area contributed by atoms with Crippen LogP contribution in [-0.2, 0) is 16.1 Å². The quantitative estimate of drug-likeness (QED) is 0.781. The van der Waals surface area contributed by atoms with E-state index in [-0.39, 0.29) is 18.9 Å². The number of carboxylic acid groups (broad SMARTS) is 1. The van der Waals surface area contributed by atoms with Crippen LogP contribution in [0.3, 0.4) is 0 Å². The van der Waals surface area contributed by atoms with Gasteiger partial charge in [-0.25, -0.2) is 4.98 Å². The van der Waals surface area contributed by atoms with E-state index in [4.69, 9.17) is 5.11 Å². The van der Waals surface area contributed by atoms with Crippen molar-refractivity contribution >= 4 is 33.4 Å². The third-order valence-electron chi connectivity index (χ3n) is 4.43. The van der Waals surface area contributed by atoms with E-state index in [0.717, 1.165) is 26.4 Å². The van der Waals surface area contributed by atoms with Crippen molar-refractivity contribution in [3.63, 3.8) is 0 Å². The lowest BCUT2D eigenvalue weighted by Crippen LogP contribution is -2.25. The van der Waals surface area contributed by atoms with E-state index in [1.165, 1.54) is 0 Å². The van der Waals surface area contributed by atoms with Gasteiger partial charge in [-0.15, -0.1) is 11.3 Å². The van der Waals surface area contributed by atoms with Gasteiger partial charge >= 0.3 is 5.97 Å². The number of hydrogen-bond donors (Lipinski definition) is 1. The van der Waals surface area contributed by atoms with Crippen LogP contribution in [0, 0.1) is 5.92 Å². The van der Waals surface area contributed by atoms with Gasteiger partial charge in [0.2, 0.25) is 5.91 Å². The Kier molecular flexibility index (Phi) is 3.97. The molecule has 6 heteroatoms. The van der Waals surface area contributed by atoms with Crippen molar-refractivity contribution in [3.8, 4) is 10.6 Å². The molecule has 1 aromatic heterocycles. The highest BCUT2D eigenvalue weighted by atomic mass is 32.1. The maximum Gasteiger partial charge on any atom is 0.308 e. The van der Waals surface area contributed by atoms with Crippen LogP contribution in [0.25, 0.3) is 20.8 Å². The summed E-state index contributed by atoms with van der Waals surface area (Å²) < 4.78 is 1.16. The number of amides is 1. The van der Waals surface area contributed by atoms with E-state index in [1.807, 2.05) is 42.5 Å². The first-order chi connectivity index (χ1) is 12.1. The molecule has 1 aliphatic heterocycles. The van der Waals surface area contributed by atoms with Crippen molar-refractivity contribution in [2.24, 2.45) is 5.92 Å². The summed E-state index contributed by atoms with van der Waals surface area (Å²) in [5.41, 5.74) is 3.03. The number of hydrogen-bond acceptors (Lipinski definition) is 4. The van der Waals surface area contributed by atoms with Gasteiger partial charge < -0.3 is 10.0 Å². The van der Waals surface area contributed by atoms with E-state index < -0.39 is 11.9 Å². The number of likely N-dealkylation sites (tertiary alicyclic amines) is 1. The molecule has 0 spiro atoms. The van der Waals surface area contributed by atoms with E-state index in [9.17, 15) is 9.59 Å². The summed E-state index contributed by atoms with van der Waals surface area (Å²) in [6.07, 6.45) is 0.0964. The molecule has 0 bridgehead atoms. The van der Waals surface area contributed by atoms with E-state index in [0.29, 0.717) is 6.54 Å². The smallest absolute Gasteiger partial charge is 0.308 e. The van der Waals surface area contributed by atoms with Crippen molar-refractivity contribution in [3.05, 3.63) is 54.1 Å². The molecule has 0 radical (unpaired) electrons. The summed E-state index contributed by atoms with van der Waals surface area (Å²) >= 11 is 1.65. The lowest BCUT2D eigenvalue weighted by atomic mass is 10.1. The first-order valence-electron chi connectivity index (χ1n) is 8.05. The number of carbonyl (C=O) groups excluding carboxylic acids is 1. The Morgan fingerprint density at radius 2 is 1.96 bits per heavy atom. The fourth-order valence-corrected chi connectivity index (χ4v) is 4.03. The summed E-state index contributed by atoms with van der Waals surface area (Å²) in [5.74, 6) is -1.58. The van der Waals surface area contributed by atoms with Crippen LogP contribution in [0.1, 0.15) is 12.0 Å². The molecule has 25 heavy (non-hydrogen) atoms. The van der Waals surface area contributed by atoms with Gasteiger partial charge in [0.25, 0.3) is 0 Å². The summed E-state index contributed by atoms with van der Waals surface area (Å²) in [6.45, 7) is 0.733. The number of para-hydroxylation sites is 1. The van der Waals surface area contributed by atoms with Crippen molar-refractivity contribution in [1.82, 2.24) is 9.88 Å². The van der Waals surface area contributed by atoms with Gasteiger partial charge in [-0.05, 0) is 17.7 Å². The normalized spacial score (nSPS) is 17.4. The number of benzene rings is 2. The largest absolute Gasteiger partial charge is 0.481 e. The van der Waals surface area contributed by atoms with Crippen LogP contribution in [0.4, 0.5) is 0 Å². The molecular formula is C19H16N2O3S. The summed E-state index contributed by atoms with van der Waals surface area (Å²) in [7, 11) is 0. The molecule has 126 valence electrons. The van der Waals surface area contributed by atoms with Crippen molar-refractivity contribution in [2.75, 3.05) is 6.54 Å². The van der Waals surface area contributed by atoms with Crippen molar-refractivity contribution in [2.45, 2.75) is 13.0 Å². The Labute approximate surface area is 148 Å². The minimum atomic E-state index is -0.901. The maximum absolute atomic E-state index is 11.9. The second-order valence-electron chi connectivity index (χ2n) is 6.20. The molecule has 1 fully saturated rings. The SMILES string of the molecule is O=C(O)C1CC(=O)N(Cc2ccc(-c3nc4ccccc4s3)cc2)C1. The van der Waals surface area contributed by atoms with Gasteiger partial charge in [-0.1, -0.05) is 36.4 Å². The van der Waals surface area contributed by atoms with Gasteiger partial charge in [0.1, 0.15) is 5.01 Å². The molecule has 4 rings (SSSR count). The van der Waals surface area contributed by atoms with Gasteiger partial charge in [0.15, 0.2) is 0 Å². The van der Waals surface area contributed by atoms with E-state index in [1.54, 1.807) is 16.2 Å². The Bertz CT molecular complexity index is 916. The van der Waals surface area contributed by atoms with E-state index in [2.05, 4.69) is 11.1 Å². The predicted molar refractivity (Wildman–Crippen MR) is 96.2 cm³/mol. The number of nitrogens with zero attached hydrogens (tertiary/aromatic N) is 2. The number of carbonyl (C=O) groups is 2. The van der Waals surface area contributed by atoms with Gasteiger partial charge in [0.05, 0.1) is 16.1 Å². The van der Waals surface area contributed by atoms with Crippen LogP contribution < -0.4 is 0 Å². The van der Waals surface area contributed by atoms with Gasteiger partial charge in [-0.2, -0.15) is 0 Å². The molecule has 0 aliphatic carbocycles. The zero-order valence-corrected chi connectivity index (χ0v) is 14.2. The Balaban J connectivity index is 1.50. The zero-order chi connectivity index (χ0) is 17.4. The first kappa shape index (κ1) is 15.8. The minimum absolute atomic E-state index is 0.0948. The number of aromatic nitrogens is 1. The highest BCUT2D eigenvalue weighted by Gasteiger charge is 2.33. The molecule has 2 heterocycles. The number of rotatable bonds is 4. The molecule has 2 aromatic carbocycles. The van der Waals surface area contributed by atoms with Gasteiger partial charge in [-0.3, -0.25) is 9.59 Å². The third-order valence-corrected chi connectivity index (χ3v) is 5.52. The molecular weight excluding hydrogens is 336 g/mol. The maximum atomic E-state index is 11.9. The van der Waals surface area contributed by atoms with Crippen LogP contribution >= 0.6 is 11.3 Å². The standard InChI is InChI=1S/C19H16N2O3S/c22-17-9-14(19(23)24)11-21(17)10-12-5-7-13(8-6-12)18-20-15-3-1-2-4-16(15)25-18/h1-8,14H,9-11H2,(H,23,24). The third kappa shape index (κ3) is 3.13. The Morgan fingerprint density at radius 3 is 2.64 bits per heavy atom. The molecule has 1 aliphatic rings. The van der Waals surface area contributed by atoms with Crippen LogP contribution in [0.2, 0.25) is 0 Å². The highest BCUT2D eigenvalue weighted by molar-refractivity contribution is 7.21. The van der Waals surface area contributed by atoms with Crippen LogP contribution in [-0.4, -0.2) is 33.4 Å². The number of carboxylic acids is 1. The van der Waals surface area contributed by atoms with Crippen LogP contribution in [0.5, 0.6) is 0 Å². The number of thiazole rings is 1. The fraction of sp³-hybridized carbons (Fsp3) is 0.211. The molecule has 1 saturated heterocycles. The molecule has 3 aromatic rings. The minimum Gasteiger partial charge on any atom is -0.481 e. The second-order valence-corrected chi connectivity index (χ2v) is 7.23. The average molecular weight is 352 g/mol. The number of fused-ring (bicyclic) bond motifs is 1. The summed E-state index contributed by atoms with van der Waals surface area (Å²) in [5, 5.41) is 10.0. The highest BCUT2D eigenvalue weighted by Crippen LogP contribution is 2.30. The molecule has 5 nitrogen and oxygen atoms in total. The van der Waals surface area contributed by atoms with Crippen molar-refractivity contribution < 1.29 is 14.7 Å². The topological polar surface area (TPSA) is 70.5 Å². The Hall–Kier alpha value is -2.73. The fourth-order valence-electron chi connectivity index (χ4n) is 3.06. The molecule has 1 N–H and O–H groups in total.